The average molecular weight is 413 g/mol. The topological polar surface area (TPSA) is 71.1 Å². The van der Waals surface area contributed by atoms with Crippen LogP contribution < -0.4 is 10.9 Å². The predicted molar refractivity (Wildman–Crippen MR) is 117 cm³/mol. The fourth-order valence-corrected chi connectivity index (χ4v) is 3.56. The molecule has 5 nitrogen and oxygen atoms in total. The van der Waals surface area contributed by atoms with E-state index < -0.39 is 17.6 Å². The van der Waals surface area contributed by atoms with Crippen molar-refractivity contribution in [2.45, 2.75) is 12.8 Å². The third-order valence-electron chi connectivity index (χ3n) is 4.97. The summed E-state index contributed by atoms with van der Waals surface area (Å²) >= 11 is 0. The van der Waals surface area contributed by atoms with Gasteiger partial charge in [-0.25, -0.2) is 4.39 Å². The fraction of sp³-hybridized carbons (Fsp3) is 0.0800. The quantitative estimate of drug-likeness (QED) is 0.491. The summed E-state index contributed by atoms with van der Waals surface area (Å²) in [4.78, 5) is 30.2. The molecule has 1 heterocycles. The number of pyridine rings is 1. The summed E-state index contributed by atoms with van der Waals surface area (Å²) in [5, 5.41) is 0.375. The first-order valence-electron chi connectivity index (χ1n) is 9.80. The van der Waals surface area contributed by atoms with Crippen LogP contribution in [-0.2, 0) is 4.79 Å². The first-order valence-corrected chi connectivity index (χ1v) is 9.80. The molecule has 0 saturated heterocycles. The third-order valence-corrected chi connectivity index (χ3v) is 4.97. The predicted octanol–water partition coefficient (Wildman–Crippen LogP) is 4.28. The van der Waals surface area contributed by atoms with Gasteiger partial charge in [-0.15, -0.1) is 0 Å². The molecular formula is C25H20FN3O2. The van der Waals surface area contributed by atoms with Crippen molar-refractivity contribution in [2.75, 3.05) is 0 Å². The van der Waals surface area contributed by atoms with Gasteiger partial charge in [0, 0.05) is 11.1 Å². The van der Waals surface area contributed by atoms with Gasteiger partial charge in [-0.3, -0.25) is 25.4 Å². The molecule has 0 aliphatic heterocycles. The number of nitrogens with zero attached hydrogens (tertiary/aromatic N) is 1. The number of rotatable bonds is 4. The molecule has 0 aliphatic carbocycles. The second kappa shape index (κ2) is 8.75. The molecule has 4 rings (SSSR count). The van der Waals surface area contributed by atoms with Crippen molar-refractivity contribution in [2.24, 2.45) is 0 Å². The lowest BCUT2D eigenvalue weighted by molar-refractivity contribution is -0.122. The SMILES string of the molecule is Cc1cc(C(=O)NNC(=O)C(c2ccccc2)c2ccccc2)c2cc(F)ccc2n1. The van der Waals surface area contributed by atoms with Crippen molar-refractivity contribution in [3.8, 4) is 0 Å². The minimum Gasteiger partial charge on any atom is -0.272 e. The molecule has 4 aromatic rings. The Labute approximate surface area is 178 Å². The summed E-state index contributed by atoms with van der Waals surface area (Å²) in [5.74, 6) is -2.00. The Morgan fingerprint density at radius 2 is 1.45 bits per heavy atom. The highest BCUT2D eigenvalue weighted by molar-refractivity contribution is 6.06. The van der Waals surface area contributed by atoms with Crippen molar-refractivity contribution < 1.29 is 14.0 Å². The minimum atomic E-state index is -0.601. The van der Waals surface area contributed by atoms with E-state index >= 15 is 0 Å². The number of nitrogens with one attached hydrogen (secondary N) is 2. The van der Waals surface area contributed by atoms with Crippen LogP contribution in [-0.4, -0.2) is 16.8 Å². The van der Waals surface area contributed by atoms with Gasteiger partial charge in [0.05, 0.1) is 17.0 Å². The van der Waals surface area contributed by atoms with Crippen LogP contribution in [0.5, 0.6) is 0 Å². The molecule has 0 unspecified atom stereocenters. The highest BCUT2D eigenvalue weighted by Crippen LogP contribution is 2.25. The Hall–Kier alpha value is -4.06. The number of hydrogen-bond acceptors (Lipinski definition) is 3. The molecule has 2 amide bonds. The van der Waals surface area contributed by atoms with Crippen molar-refractivity contribution in [1.82, 2.24) is 15.8 Å². The van der Waals surface area contributed by atoms with E-state index in [1.807, 2.05) is 60.7 Å². The highest BCUT2D eigenvalue weighted by Gasteiger charge is 2.23. The zero-order valence-corrected chi connectivity index (χ0v) is 16.8. The van der Waals surface area contributed by atoms with Gasteiger partial charge in [0.1, 0.15) is 5.82 Å². The molecule has 31 heavy (non-hydrogen) atoms. The lowest BCUT2D eigenvalue weighted by Crippen LogP contribution is -2.44. The molecule has 1 aromatic heterocycles. The smallest absolute Gasteiger partial charge is 0.270 e. The molecule has 2 N–H and O–H groups in total. The number of fused-ring (bicyclic) bond motifs is 1. The number of halogens is 1. The molecule has 0 fully saturated rings. The van der Waals surface area contributed by atoms with E-state index in [0.717, 1.165) is 11.1 Å². The number of hydrogen-bond donors (Lipinski definition) is 2. The van der Waals surface area contributed by atoms with Crippen molar-refractivity contribution in [3.05, 3.63) is 113 Å². The van der Waals surface area contributed by atoms with E-state index in [9.17, 15) is 14.0 Å². The van der Waals surface area contributed by atoms with E-state index in [-0.39, 0.29) is 11.5 Å². The number of aryl methyl sites for hydroxylation is 1. The van der Waals surface area contributed by atoms with Crippen LogP contribution in [0.25, 0.3) is 10.9 Å². The first kappa shape index (κ1) is 20.2. The summed E-state index contributed by atoms with van der Waals surface area (Å²) in [6, 6.07) is 24.3. The van der Waals surface area contributed by atoms with Gasteiger partial charge in [0.2, 0.25) is 5.91 Å². The van der Waals surface area contributed by atoms with E-state index in [1.54, 1.807) is 13.0 Å². The highest BCUT2D eigenvalue weighted by atomic mass is 19.1. The Balaban J connectivity index is 1.59. The summed E-state index contributed by atoms with van der Waals surface area (Å²) in [7, 11) is 0. The van der Waals surface area contributed by atoms with E-state index in [2.05, 4.69) is 15.8 Å². The standard InChI is InChI=1S/C25H20FN3O2/c1-16-14-21(20-15-19(26)12-13-22(20)27-16)24(30)28-29-25(31)23(17-8-4-2-5-9-17)18-10-6-3-7-11-18/h2-15,23H,1H3,(H,28,30)(H,29,31). The maximum Gasteiger partial charge on any atom is 0.270 e. The largest absolute Gasteiger partial charge is 0.272 e. The summed E-state index contributed by atoms with van der Waals surface area (Å²) in [6.45, 7) is 1.75. The van der Waals surface area contributed by atoms with Crippen LogP contribution in [0, 0.1) is 12.7 Å². The van der Waals surface area contributed by atoms with Crippen LogP contribution in [0.2, 0.25) is 0 Å². The Bertz CT molecular complexity index is 1200. The van der Waals surface area contributed by atoms with Crippen molar-refractivity contribution in [3.63, 3.8) is 0 Å². The van der Waals surface area contributed by atoms with Gasteiger partial charge in [-0.05, 0) is 42.3 Å². The number of carbonyl (C=O) groups is 2. The number of benzene rings is 3. The second-order valence-electron chi connectivity index (χ2n) is 7.17. The fourth-order valence-electron chi connectivity index (χ4n) is 3.56. The van der Waals surface area contributed by atoms with Crippen LogP contribution in [0.4, 0.5) is 4.39 Å². The average Bonchev–Trinajstić information content (AvgIpc) is 2.79. The first-order chi connectivity index (χ1) is 15.0. The Morgan fingerprint density at radius 3 is 2.06 bits per heavy atom. The molecule has 0 spiro atoms. The molecule has 0 atom stereocenters. The molecule has 0 saturated carbocycles. The number of aromatic nitrogens is 1. The van der Waals surface area contributed by atoms with E-state index in [4.69, 9.17) is 0 Å². The van der Waals surface area contributed by atoms with Gasteiger partial charge < -0.3 is 0 Å². The lowest BCUT2D eigenvalue weighted by Gasteiger charge is -2.18. The maximum absolute atomic E-state index is 13.7. The van der Waals surface area contributed by atoms with Gasteiger partial charge in [0.25, 0.3) is 5.91 Å². The molecule has 0 bridgehead atoms. The second-order valence-corrected chi connectivity index (χ2v) is 7.17. The maximum atomic E-state index is 13.7. The molecule has 6 heteroatoms. The van der Waals surface area contributed by atoms with Crippen LogP contribution in [0.15, 0.2) is 84.9 Å². The van der Waals surface area contributed by atoms with Crippen LogP contribution >= 0.6 is 0 Å². The number of hydrazine groups is 1. The van der Waals surface area contributed by atoms with Crippen LogP contribution in [0.3, 0.4) is 0 Å². The zero-order chi connectivity index (χ0) is 21.8. The normalized spacial score (nSPS) is 10.8. The Kier molecular flexibility index (Phi) is 5.71. The molecule has 3 aromatic carbocycles. The minimum absolute atomic E-state index is 0.235. The van der Waals surface area contributed by atoms with Crippen molar-refractivity contribution >= 4 is 22.7 Å². The van der Waals surface area contributed by atoms with E-state index in [1.165, 1.54) is 18.2 Å². The third kappa shape index (κ3) is 4.43. The van der Waals surface area contributed by atoms with E-state index in [0.29, 0.717) is 16.6 Å². The van der Waals surface area contributed by atoms with Crippen LogP contribution in [0.1, 0.15) is 33.1 Å². The Morgan fingerprint density at radius 1 is 0.839 bits per heavy atom. The summed E-state index contributed by atoms with van der Waals surface area (Å²) in [6.07, 6.45) is 0. The van der Waals surface area contributed by atoms with Gasteiger partial charge in [-0.1, -0.05) is 60.7 Å². The molecule has 0 radical (unpaired) electrons. The lowest BCUT2D eigenvalue weighted by atomic mass is 9.91. The number of amides is 2. The molecular weight excluding hydrogens is 393 g/mol. The molecule has 154 valence electrons. The monoisotopic (exact) mass is 413 g/mol. The summed E-state index contributed by atoms with van der Waals surface area (Å²) < 4.78 is 13.7. The summed E-state index contributed by atoms with van der Waals surface area (Å²) in [5.41, 5.74) is 7.94. The van der Waals surface area contributed by atoms with Gasteiger partial charge in [-0.2, -0.15) is 0 Å². The molecule has 0 aliphatic rings. The van der Waals surface area contributed by atoms with Gasteiger partial charge in [0.15, 0.2) is 0 Å². The van der Waals surface area contributed by atoms with Gasteiger partial charge >= 0.3 is 0 Å². The van der Waals surface area contributed by atoms with Crippen molar-refractivity contribution in [1.29, 1.82) is 0 Å². The number of carbonyl (C=O) groups excluding carboxylic acids is 2. The zero-order valence-electron chi connectivity index (χ0n) is 16.8.